The summed E-state index contributed by atoms with van der Waals surface area (Å²) in [5.41, 5.74) is 1.97. The number of hydrogen-bond acceptors (Lipinski definition) is 2. The van der Waals surface area contributed by atoms with E-state index in [0.717, 1.165) is 17.3 Å². The molecule has 1 aliphatic carbocycles. The zero-order valence-corrected chi connectivity index (χ0v) is 13.6. The van der Waals surface area contributed by atoms with Gasteiger partial charge in [0, 0.05) is 23.3 Å². The fourth-order valence-corrected chi connectivity index (χ4v) is 2.92. The molecule has 3 atom stereocenters. The highest BCUT2D eigenvalue weighted by Gasteiger charge is 2.25. The van der Waals surface area contributed by atoms with Crippen LogP contribution >= 0.6 is 0 Å². The van der Waals surface area contributed by atoms with E-state index in [4.69, 9.17) is 0 Å². The maximum Gasteiger partial charge on any atom is 0.226 e. The molecule has 0 bridgehead atoms. The van der Waals surface area contributed by atoms with E-state index in [2.05, 4.69) is 30.5 Å². The molecule has 1 saturated carbocycles. The summed E-state index contributed by atoms with van der Waals surface area (Å²) in [5, 5.41) is 6.61. The third-order valence-corrected chi connectivity index (χ3v) is 4.46. The monoisotopic (exact) mass is 288 g/mol. The summed E-state index contributed by atoms with van der Waals surface area (Å²) in [7, 11) is 0. The lowest BCUT2D eigenvalue weighted by Gasteiger charge is -2.34. The van der Waals surface area contributed by atoms with Gasteiger partial charge in [-0.3, -0.25) is 4.79 Å². The predicted molar refractivity (Wildman–Crippen MR) is 89.5 cm³/mol. The minimum absolute atomic E-state index is 0.000770. The van der Waals surface area contributed by atoms with Crippen molar-refractivity contribution in [2.24, 2.45) is 17.8 Å². The highest BCUT2D eigenvalue weighted by atomic mass is 16.1. The van der Waals surface area contributed by atoms with Crippen molar-refractivity contribution in [3.05, 3.63) is 24.3 Å². The van der Waals surface area contributed by atoms with Gasteiger partial charge in [0.25, 0.3) is 0 Å². The van der Waals surface area contributed by atoms with Crippen LogP contribution in [-0.2, 0) is 4.79 Å². The van der Waals surface area contributed by atoms with Gasteiger partial charge >= 0.3 is 0 Å². The van der Waals surface area contributed by atoms with Crippen molar-refractivity contribution >= 4 is 17.3 Å². The fraction of sp³-hybridized carbons (Fsp3) is 0.611. The molecule has 2 N–H and O–H groups in total. The summed E-state index contributed by atoms with van der Waals surface area (Å²) in [6.07, 6.45) is 3.86. The van der Waals surface area contributed by atoms with Crippen molar-refractivity contribution < 1.29 is 4.79 Å². The fourth-order valence-electron chi connectivity index (χ4n) is 2.92. The van der Waals surface area contributed by atoms with Gasteiger partial charge < -0.3 is 10.6 Å². The molecule has 1 aliphatic rings. The standard InChI is InChI=1S/C18H28N2O/c1-12(2)18(21)20-16-7-5-6-15(11-16)19-17-10-13(3)8-9-14(17)4/h5-7,11-14,17,19H,8-10H2,1-4H3,(H,20,21). The lowest BCUT2D eigenvalue weighted by Crippen LogP contribution is -2.33. The molecule has 3 heteroatoms. The van der Waals surface area contributed by atoms with E-state index in [-0.39, 0.29) is 11.8 Å². The molecular weight excluding hydrogens is 260 g/mol. The molecule has 21 heavy (non-hydrogen) atoms. The maximum atomic E-state index is 11.8. The van der Waals surface area contributed by atoms with Crippen LogP contribution in [0.4, 0.5) is 11.4 Å². The Kier molecular flexibility index (Phi) is 5.27. The van der Waals surface area contributed by atoms with E-state index in [9.17, 15) is 4.79 Å². The van der Waals surface area contributed by atoms with Crippen LogP contribution in [0.3, 0.4) is 0 Å². The van der Waals surface area contributed by atoms with E-state index in [1.54, 1.807) is 0 Å². The lowest BCUT2D eigenvalue weighted by atomic mass is 9.80. The molecule has 1 amide bonds. The van der Waals surface area contributed by atoms with Gasteiger partial charge in [-0.1, -0.05) is 40.2 Å². The van der Waals surface area contributed by atoms with Gasteiger partial charge in [-0.25, -0.2) is 0 Å². The van der Waals surface area contributed by atoms with E-state index < -0.39 is 0 Å². The Bertz CT molecular complexity index is 484. The van der Waals surface area contributed by atoms with Crippen LogP contribution in [0.2, 0.25) is 0 Å². The molecule has 0 aromatic heterocycles. The molecule has 0 spiro atoms. The van der Waals surface area contributed by atoms with Gasteiger partial charge in [-0.15, -0.1) is 0 Å². The molecule has 1 fully saturated rings. The van der Waals surface area contributed by atoms with Crippen molar-refractivity contribution in [2.45, 2.75) is 53.0 Å². The number of carbonyl (C=O) groups excluding carboxylic acids is 1. The Hall–Kier alpha value is -1.51. The predicted octanol–water partition coefficient (Wildman–Crippen LogP) is 4.52. The summed E-state index contributed by atoms with van der Waals surface area (Å²) >= 11 is 0. The average molecular weight is 288 g/mol. The van der Waals surface area contributed by atoms with Gasteiger partial charge in [0.1, 0.15) is 0 Å². The van der Waals surface area contributed by atoms with E-state index in [1.165, 1.54) is 19.3 Å². The molecule has 0 aliphatic heterocycles. The van der Waals surface area contributed by atoms with Crippen molar-refractivity contribution in [2.75, 3.05) is 10.6 Å². The van der Waals surface area contributed by atoms with E-state index in [0.29, 0.717) is 12.0 Å². The topological polar surface area (TPSA) is 41.1 Å². The van der Waals surface area contributed by atoms with Crippen molar-refractivity contribution in [1.82, 2.24) is 0 Å². The largest absolute Gasteiger partial charge is 0.382 e. The first-order chi connectivity index (χ1) is 9.95. The average Bonchev–Trinajstić information content (AvgIpc) is 2.43. The zero-order chi connectivity index (χ0) is 15.4. The number of benzene rings is 1. The summed E-state index contributed by atoms with van der Waals surface area (Å²) in [6, 6.07) is 8.58. The van der Waals surface area contributed by atoms with Gasteiger partial charge in [0.15, 0.2) is 0 Å². The number of amides is 1. The number of anilines is 2. The van der Waals surface area contributed by atoms with Gasteiger partial charge in [0.2, 0.25) is 5.91 Å². The zero-order valence-electron chi connectivity index (χ0n) is 13.6. The third-order valence-electron chi connectivity index (χ3n) is 4.46. The molecule has 0 heterocycles. The van der Waals surface area contributed by atoms with Crippen LogP contribution in [0.5, 0.6) is 0 Å². The van der Waals surface area contributed by atoms with Crippen LogP contribution in [0.1, 0.15) is 47.0 Å². The van der Waals surface area contributed by atoms with Crippen LogP contribution in [0.15, 0.2) is 24.3 Å². The van der Waals surface area contributed by atoms with Crippen molar-refractivity contribution in [3.8, 4) is 0 Å². The normalized spacial score (nSPS) is 25.7. The second-order valence-electron chi connectivity index (χ2n) is 6.87. The summed E-state index contributed by atoms with van der Waals surface area (Å²) in [6.45, 7) is 8.47. The Morgan fingerprint density at radius 1 is 1.19 bits per heavy atom. The minimum atomic E-state index is 0.000770. The molecular formula is C18H28N2O. The molecule has 116 valence electrons. The van der Waals surface area contributed by atoms with Crippen LogP contribution in [-0.4, -0.2) is 11.9 Å². The van der Waals surface area contributed by atoms with Crippen LogP contribution in [0.25, 0.3) is 0 Å². The molecule has 0 radical (unpaired) electrons. The Morgan fingerprint density at radius 3 is 2.62 bits per heavy atom. The summed E-state index contributed by atoms with van der Waals surface area (Å²) in [4.78, 5) is 11.8. The van der Waals surface area contributed by atoms with Crippen molar-refractivity contribution in [3.63, 3.8) is 0 Å². The first-order valence-corrected chi connectivity index (χ1v) is 8.13. The molecule has 1 aromatic carbocycles. The molecule has 0 saturated heterocycles. The number of nitrogens with one attached hydrogen (secondary N) is 2. The van der Waals surface area contributed by atoms with Crippen LogP contribution < -0.4 is 10.6 Å². The second kappa shape index (κ2) is 6.97. The molecule has 1 aromatic rings. The Labute approximate surface area is 128 Å². The molecule has 3 nitrogen and oxygen atoms in total. The first kappa shape index (κ1) is 15.9. The van der Waals surface area contributed by atoms with Gasteiger partial charge in [0.05, 0.1) is 0 Å². The highest BCUT2D eigenvalue weighted by Crippen LogP contribution is 2.31. The quantitative estimate of drug-likeness (QED) is 0.855. The maximum absolute atomic E-state index is 11.8. The highest BCUT2D eigenvalue weighted by molar-refractivity contribution is 5.92. The number of hydrogen-bond donors (Lipinski definition) is 2. The smallest absolute Gasteiger partial charge is 0.226 e. The van der Waals surface area contributed by atoms with E-state index in [1.807, 2.05) is 32.0 Å². The first-order valence-electron chi connectivity index (χ1n) is 8.13. The Balaban J connectivity index is 2.02. The van der Waals surface area contributed by atoms with Gasteiger partial charge in [-0.05, 0) is 42.9 Å². The van der Waals surface area contributed by atoms with Crippen LogP contribution in [0, 0.1) is 17.8 Å². The summed E-state index contributed by atoms with van der Waals surface area (Å²) in [5.74, 6) is 1.56. The summed E-state index contributed by atoms with van der Waals surface area (Å²) < 4.78 is 0. The minimum Gasteiger partial charge on any atom is -0.382 e. The molecule has 3 unspecified atom stereocenters. The van der Waals surface area contributed by atoms with Gasteiger partial charge in [-0.2, -0.15) is 0 Å². The SMILES string of the molecule is CC1CCC(C)C(Nc2cccc(NC(=O)C(C)C)c2)C1. The van der Waals surface area contributed by atoms with E-state index >= 15 is 0 Å². The lowest BCUT2D eigenvalue weighted by molar-refractivity contribution is -0.118. The second-order valence-corrected chi connectivity index (χ2v) is 6.87. The number of carbonyl (C=O) groups is 1. The Morgan fingerprint density at radius 2 is 1.90 bits per heavy atom. The van der Waals surface area contributed by atoms with Crippen molar-refractivity contribution in [1.29, 1.82) is 0 Å². The number of rotatable bonds is 4. The molecule has 2 rings (SSSR count). The third kappa shape index (κ3) is 4.48.